The van der Waals surface area contributed by atoms with Crippen LogP contribution >= 0.6 is 0 Å². The number of likely N-dealkylation sites (tertiary alicyclic amines) is 1. The molecule has 6 nitrogen and oxygen atoms in total. The highest BCUT2D eigenvalue weighted by atomic mass is 16.4. The molecule has 0 bridgehead atoms. The summed E-state index contributed by atoms with van der Waals surface area (Å²) in [6.45, 7) is 7.58. The van der Waals surface area contributed by atoms with E-state index in [1.54, 1.807) is 6.07 Å². The molecule has 1 amide bonds. The third-order valence-corrected chi connectivity index (χ3v) is 10.0. The number of carbonyl (C=O) groups is 2. The van der Waals surface area contributed by atoms with Crippen LogP contribution in [0.3, 0.4) is 0 Å². The Balaban J connectivity index is 1.51. The average molecular weight is 542 g/mol. The molecule has 3 aliphatic rings. The van der Waals surface area contributed by atoms with Crippen molar-refractivity contribution in [2.75, 3.05) is 26.7 Å². The molecule has 1 saturated heterocycles. The van der Waals surface area contributed by atoms with Gasteiger partial charge in [-0.15, -0.1) is 0 Å². The summed E-state index contributed by atoms with van der Waals surface area (Å²) in [4.78, 5) is 30.5. The van der Waals surface area contributed by atoms with Crippen LogP contribution in [0.1, 0.15) is 92.2 Å². The van der Waals surface area contributed by atoms with Crippen molar-refractivity contribution in [1.82, 2.24) is 14.4 Å². The Morgan fingerprint density at radius 1 is 1.05 bits per heavy atom. The quantitative estimate of drug-likeness (QED) is 0.352. The number of aromatic nitrogens is 1. The van der Waals surface area contributed by atoms with Crippen LogP contribution in [0.15, 0.2) is 42.5 Å². The number of hydrogen-bond acceptors (Lipinski definition) is 3. The van der Waals surface area contributed by atoms with E-state index in [-0.39, 0.29) is 23.8 Å². The molecule has 3 atom stereocenters. The highest BCUT2D eigenvalue weighted by Crippen LogP contribution is 2.51. The zero-order chi connectivity index (χ0) is 28.0. The number of carboxylic acid groups (broad SMARTS) is 1. The third-order valence-electron chi connectivity index (χ3n) is 10.0. The zero-order valence-corrected chi connectivity index (χ0v) is 24.2. The van der Waals surface area contributed by atoms with Gasteiger partial charge in [0.05, 0.1) is 23.2 Å². The predicted octanol–water partition coefficient (Wildman–Crippen LogP) is 6.94. The van der Waals surface area contributed by atoms with Crippen LogP contribution in [-0.2, 0) is 11.3 Å². The van der Waals surface area contributed by atoms with Crippen molar-refractivity contribution in [2.45, 2.75) is 77.3 Å². The van der Waals surface area contributed by atoms with Crippen molar-refractivity contribution in [2.24, 2.45) is 11.8 Å². The van der Waals surface area contributed by atoms with Crippen molar-refractivity contribution in [3.8, 4) is 11.3 Å². The lowest BCUT2D eigenvalue weighted by Gasteiger charge is -2.32. The Kier molecular flexibility index (Phi) is 7.47. The Hall–Kier alpha value is -3.12. The van der Waals surface area contributed by atoms with Gasteiger partial charge >= 0.3 is 5.97 Å². The van der Waals surface area contributed by atoms with Gasteiger partial charge in [-0.05, 0) is 68.5 Å². The van der Waals surface area contributed by atoms with Gasteiger partial charge in [0.1, 0.15) is 0 Å². The minimum Gasteiger partial charge on any atom is -0.478 e. The molecule has 1 saturated carbocycles. The smallest absolute Gasteiger partial charge is 0.335 e. The highest BCUT2D eigenvalue weighted by Gasteiger charge is 2.44. The summed E-state index contributed by atoms with van der Waals surface area (Å²) in [6, 6.07) is 14.5. The molecule has 2 aromatic carbocycles. The first-order chi connectivity index (χ1) is 19.4. The first-order valence-electron chi connectivity index (χ1n) is 15.4. The predicted molar refractivity (Wildman–Crippen MR) is 160 cm³/mol. The van der Waals surface area contributed by atoms with Gasteiger partial charge in [0.25, 0.3) is 0 Å². The van der Waals surface area contributed by atoms with E-state index in [0.29, 0.717) is 11.5 Å². The molecule has 1 aromatic heterocycles. The lowest BCUT2D eigenvalue weighted by atomic mass is 9.81. The number of amides is 1. The Labute approximate surface area is 238 Å². The summed E-state index contributed by atoms with van der Waals surface area (Å²) in [5, 5.41) is 11.1. The number of carboxylic acids is 1. The van der Waals surface area contributed by atoms with Crippen LogP contribution in [-0.4, -0.2) is 58.0 Å². The summed E-state index contributed by atoms with van der Waals surface area (Å²) in [5.74, 6) is 0.151. The maximum atomic E-state index is 14.1. The fourth-order valence-corrected chi connectivity index (χ4v) is 7.84. The Morgan fingerprint density at radius 2 is 1.82 bits per heavy atom. The SMILES string of the molecule is CCC(CN(C)CC)C(=O)N1CC[C@H]2Cn3c(c(C4CCCCC4)c4ccc(C(=O)O)cc43)-c3ccccc3[C@@H]21. The second kappa shape index (κ2) is 11.0. The van der Waals surface area contributed by atoms with Gasteiger partial charge in [-0.3, -0.25) is 4.79 Å². The summed E-state index contributed by atoms with van der Waals surface area (Å²) in [6.07, 6.45) is 7.92. The Morgan fingerprint density at radius 3 is 2.55 bits per heavy atom. The number of nitrogens with zero attached hydrogens (tertiary/aromatic N) is 3. The van der Waals surface area contributed by atoms with E-state index >= 15 is 0 Å². The number of benzene rings is 2. The largest absolute Gasteiger partial charge is 0.478 e. The van der Waals surface area contributed by atoms with E-state index in [9.17, 15) is 14.7 Å². The molecular weight excluding hydrogens is 498 g/mol. The Bertz CT molecular complexity index is 1420. The van der Waals surface area contributed by atoms with Gasteiger partial charge in [0.15, 0.2) is 0 Å². The number of fused-ring (bicyclic) bond motifs is 7. The second-order valence-corrected chi connectivity index (χ2v) is 12.3. The normalized spacial score (nSPS) is 21.6. The molecule has 2 fully saturated rings. The van der Waals surface area contributed by atoms with E-state index in [1.165, 1.54) is 59.9 Å². The van der Waals surface area contributed by atoms with Crippen LogP contribution in [0, 0.1) is 11.8 Å². The van der Waals surface area contributed by atoms with E-state index in [4.69, 9.17) is 0 Å². The molecule has 40 heavy (non-hydrogen) atoms. The molecule has 3 heterocycles. The van der Waals surface area contributed by atoms with E-state index in [1.807, 2.05) is 6.07 Å². The summed E-state index contributed by atoms with van der Waals surface area (Å²) in [7, 11) is 2.10. The fourth-order valence-electron chi connectivity index (χ4n) is 7.84. The standard InChI is InChI=1S/C34H43N3O3/c1-4-22(20-35(3)5-2)33(38)36-18-17-25-21-37-29-19-24(34(39)40)15-16-28(29)30(23-11-7-6-8-12-23)32(37)27-14-10-9-13-26(27)31(25)36/h9-10,13-16,19,22-23,25,31H,4-8,11-12,17-18,20-21H2,1-3H3,(H,39,40)/t22?,25-,31+/m0/s1. The van der Waals surface area contributed by atoms with Crippen LogP contribution in [0.4, 0.5) is 0 Å². The van der Waals surface area contributed by atoms with Crippen molar-refractivity contribution in [3.63, 3.8) is 0 Å². The van der Waals surface area contributed by atoms with Crippen LogP contribution < -0.4 is 0 Å². The molecule has 212 valence electrons. The average Bonchev–Trinajstić information content (AvgIpc) is 3.50. The topological polar surface area (TPSA) is 65.8 Å². The number of rotatable bonds is 7. The molecule has 2 aliphatic heterocycles. The molecule has 6 heteroatoms. The van der Waals surface area contributed by atoms with Crippen LogP contribution in [0.25, 0.3) is 22.2 Å². The van der Waals surface area contributed by atoms with Gasteiger partial charge in [-0.25, -0.2) is 4.79 Å². The minimum atomic E-state index is -0.885. The van der Waals surface area contributed by atoms with Crippen molar-refractivity contribution in [1.29, 1.82) is 0 Å². The van der Waals surface area contributed by atoms with E-state index in [0.717, 1.165) is 44.5 Å². The molecule has 1 N–H and O–H groups in total. The van der Waals surface area contributed by atoms with Gasteiger partial charge < -0.3 is 19.5 Å². The van der Waals surface area contributed by atoms with Crippen molar-refractivity contribution < 1.29 is 14.7 Å². The lowest BCUT2D eigenvalue weighted by Crippen LogP contribution is -2.41. The maximum Gasteiger partial charge on any atom is 0.335 e. The van der Waals surface area contributed by atoms with E-state index < -0.39 is 5.97 Å². The summed E-state index contributed by atoms with van der Waals surface area (Å²) in [5.41, 5.74) is 6.52. The van der Waals surface area contributed by atoms with Gasteiger partial charge in [0.2, 0.25) is 5.91 Å². The summed E-state index contributed by atoms with van der Waals surface area (Å²) >= 11 is 0. The van der Waals surface area contributed by atoms with Gasteiger partial charge in [0, 0.05) is 42.0 Å². The van der Waals surface area contributed by atoms with E-state index in [2.05, 4.69) is 65.6 Å². The third kappa shape index (κ3) is 4.54. The van der Waals surface area contributed by atoms with Gasteiger partial charge in [-0.1, -0.05) is 63.4 Å². The van der Waals surface area contributed by atoms with Gasteiger partial charge in [-0.2, -0.15) is 0 Å². The van der Waals surface area contributed by atoms with Crippen LogP contribution in [0.5, 0.6) is 0 Å². The second-order valence-electron chi connectivity index (χ2n) is 12.3. The van der Waals surface area contributed by atoms with Crippen molar-refractivity contribution >= 4 is 22.8 Å². The first kappa shape index (κ1) is 27.1. The minimum absolute atomic E-state index is 0.00483. The van der Waals surface area contributed by atoms with Crippen molar-refractivity contribution in [3.05, 3.63) is 59.2 Å². The summed E-state index contributed by atoms with van der Waals surface area (Å²) < 4.78 is 2.44. The zero-order valence-electron chi connectivity index (χ0n) is 24.2. The molecular formula is C34H43N3O3. The molecule has 0 radical (unpaired) electrons. The molecule has 1 aliphatic carbocycles. The first-order valence-corrected chi connectivity index (χ1v) is 15.4. The highest BCUT2D eigenvalue weighted by molar-refractivity contribution is 5.98. The molecule has 0 spiro atoms. The molecule has 1 unspecified atom stereocenters. The monoisotopic (exact) mass is 541 g/mol. The fraction of sp³-hybridized carbons (Fsp3) is 0.529. The van der Waals surface area contributed by atoms with Crippen LogP contribution in [0.2, 0.25) is 0 Å². The number of carbonyl (C=O) groups excluding carboxylic acids is 1. The molecule has 3 aromatic rings. The number of aromatic carboxylic acids is 1. The lowest BCUT2D eigenvalue weighted by molar-refractivity contribution is -0.137. The maximum absolute atomic E-state index is 14.1. The molecule has 6 rings (SSSR count). The number of hydrogen-bond donors (Lipinski definition) is 1.